The molecule has 6 nitrogen and oxygen atoms in total. The number of piperidine rings is 1. The van der Waals surface area contributed by atoms with Gasteiger partial charge in [0.25, 0.3) is 0 Å². The summed E-state index contributed by atoms with van der Waals surface area (Å²) >= 11 is 5.94. The van der Waals surface area contributed by atoms with Crippen LogP contribution in [0.2, 0.25) is 5.15 Å². The zero-order valence-electron chi connectivity index (χ0n) is 9.97. The van der Waals surface area contributed by atoms with Crippen molar-refractivity contribution < 1.29 is 9.90 Å². The Morgan fingerprint density at radius 2 is 2.17 bits per heavy atom. The molecule has 0 spiro atoms. The van der Waals surface area contributed by atoms with Gasteiger partial charge < -0.3 is 21.5 Å². The van der Waals surface area contributed by atoms with Crippen LogP contribution in [0.15, 0.2) is 18.3 Å². The fourth-order valence-corrected chi connectivity index (χ4v) is 2.10. The molecule has 1 aromatic rings. The first-order valence-electron chi connectivity index (χ1n) is 5.52. The van der Waals surface area contributed by atoms with Crippen LogP contribution in [-0.4, -0.2) is 40.2 Å². The lowest BCUT2D eigenvalue weighted by Crippen LogP contribution is -2.41. The molecule has 0 unspecified atom stereocenters. The summed E-state index contributed by atoms with van der Waals surface area (Å²) in [7, 11) is 0. The second-order valence-electron chi connectivity index (χ2n) is 4.03. The number of nitrogens with one attached hydrogen (secondary N) is 1. The number of aromatic nitrogens is 1. The van der Waals surface area contributed by atoms with Crippen molar-refractivity contribution >= 4 is 23.4 Å². The van der Waals surface area contributed by atoms with Crippen LogP contribution in [0, 0.1) is 0 Å². The number of anilines is 1. The van der Waals surface area contributed by atoms with E-state index in [0.717, 1.165) is 18.5 Å². The lowest BCUT2D eigenvalue weighted by Gasteiger charge is -2.31. The topological polar surface area (TPSA) is 100 Å². The molecule has 1 aromatic heterocycles. The molecule has 2 rings (SSSR count). The Hall–Kier alpha value is -1.53. The zero-order chi connectivity index (χ0) is 12.3. The highest BCUT2D eigenvalue weighted by Gasteiger charge is 2.22. The summed E-state index contributed by atoms with van der Waals surface area (Å²) < 4.78 is 0. The first kappa shape index (κ1) is 14.5. The third kappa shape index (κ3) is 3.48. The molecule has 2 heterocycles. The molecule has 5 N–H and O–H groups in total. The molecule has 1 aliphatic rings. The van der Waals surface area contributed by atoms with Crippen LogP contribution < -0.4 is 11.5 Å². The number of amides is 1. The molecule has 0 bridgehead atoms. The van der Waals surface area contributed by atoms with Gasteiger partial charge in [-0.1, -0.05) is 11.6 Å². The first-order valence-corrected chi connectivity index (χ1v) is 5.89. The molecule has 1 saturated heterocycles. The van der Waals surface area contributed by atoms with Crippen molar-refractivity contribution in [3.05, 3.63) is 23.5 Å². The van der Waals surface area contributed by atoms with Gasteiger partial charge in [-0.2, -0.15) is 0 Å². The van der Waals surface area contributed by atoms with E-state index in [9.17, 15) is 4.79 Å². The van der Waals surface area contributed by atoms with Crippen LogP contribution in [0.1, 0.15) is 12.8 Å². The number of pyridine rings is 1. The van der Waals surface area contributed by atoms with Crippen LogP contribution >= 0.6 is 11.6 Å². The van der Waals surface area contributed by atoms with E-state index < -0.39 is 6.09 Å². The normalized spacial score (nSPS) is 15.9. The summed E-state index contributed by atoms with van der Waals surface area (Å²) in [6, 6.07) is 3.95. The fourth-order valence-electron chi connectivity index (χ4n) is 1.93. The van der Waals surface area contributed by atoms with Crippen LogP contribution in [0.25, 0.3) is 0 Å². The van der Waals surface area contributed by atoms with Crippen LogP contribution in [-0.2, 0) is 0 Å². The van der Waals surface area contributed by atoms with Crippen molar-refractivity contribution in [3.8, 4) is 0 Å². The molecular weight excluding hydrogens is 256 g/mol. The van der Waals surface area contributed by atoms with Crippen LogP contribution in [0.4, 0.5) is 10.5 Å². The van der Waals surface area contributed by atoms with Gasteiger partial charge in [0.2, 0.25) is 0 Å². The summed E-state index contributed by atoms with van der Waals surface area (Å²) in [5.74, 6) is 0. The van der Waals surface area contributed by atoms with Crippen molar-refractivity contribution in [2.45, 2.75) is 18.9 Å². The van der Waals surface area contributed by atoms with Crippen molar-refractivity contribution in [1.82, 2.24) is 16.0 Å². The molecule has 0 radical (unpaired) electrons. The number of hydrogen-bond donors (Lipinski definition) is 3. The maximum Gasteiger partial charge on any atom is 0.407 e. The minimum atomic E-state index is -0.845. The zero-order valence-corrected chi connectivity index (χ0v) is 10.7. The monoisotopic (exact) mass is 272 g/mol. The van der Waals surface area contributed by atoms with Gasteiger partial charge >= 0.3 is 6.09 Å². The second kappa shape index (κ2) is 6.42. The minimum absolute atomic E-state index is 0. The van der Waals surface area contributed by atoms with E-state index in [4.69, 9.17) is 16.7 Å². The van der Waals surface area contributed by atoms with E-state index in [0.29, 0.717) is 18.2 Å². The van der Waals surface area contributed by atoms with Gasteiger partial charge in [0.05, 0.1) is 5.69 Å². The van der Waals surface area contributed by atoms with Gasteiger partial charge in [-0.15, -0.1) is 0 Å². The van der Waals surface area contributed by atoms with Gasteiger partial charge in [-0.25, -0.2) is 9.78 Å². The van der Waals surface area contributed by atoms with Crippen molar-refractivity contribution in [3.63, 3.8) is 0 Å². The van der Waals surface area contributed by atoms with E-state index in [1.54, 1.807) is 6.20 Å². The largest absolute Gasteiger partial charge is 0.465 e. The van der Waals surface area contributed by atoms with E-state index in [1.165, 1.54) is 4.90 Å². The van der Waals surface area contributed by atoms with E-state index >= 15 is 0 Å². The van der Waals surface area contributed by atoms with Crippen molar-refractivity contribution in [1.29, 1.82) is 0 Å². The Bertz CT molecular complexity index is 408. The third-order valence-electron chi connectivity index (χ3n) is 2.88. The average molecular weight is 273 g/mol. The molecular formula is C11H17ClN4O2. The van der Waals surface area contributed by atoms with Crippen LogP contribution in [0.5, 0.6) is 0 Å². The summed E-state index contributed by atoms with van der Waals surface area (Å²) in [6.07, 6.45) is 2.37. The third-order valence-corrected chi connectivity index (χ3v) is 3.19. The molecule has 100 valence electrons. The molecule has 0 saturated carbocycles. The Morgan fingerprint density at radius 1 is 1.50 bits per heavy atom. The molecule has 1 aliphatic heterocycles. The second-order valence-corrected chi connectivity index (χ2v) is 4.39. The quantitative estimate of drug-likeness (QED) is 0.718. The highest BCUT2D eigenvalue weighted by molar-refractivity contribution is 6.31. The Labute approximate surface area is 111 Å². The highest BCUT2D eigenvalue weighted by atomic mass is 35.5. The molecule has 7 heteroatoms. The summed E-state index contributed by atoms with van der Waals surface area (Å²) in [4.78, 5) is 16.2. The molecule has 18 heavy (non-hydrogen) atoms. The predicted molar refractivity (Wildman–Crippen MR) is 70.5 cm³/mol. The number of likely N-dealkylation sites (tertiary alicyclic amines) is 1. The Morgan fingerprint density at radius 3 is 2.72 bits per heavy atom. The molecule has 1 fully saturated rings. The molecule has 0 aromatic carbocycles. The van der Waals surface area contributed by atoms with Gasteiger partial charge in [0.15, 0.2) is 5.15 Å². The van der Waals surface area contributed by atoms with Crippen molar-refractivity contribution in [2.75, 3.05) is 18.4 Å². The van der Waals surface area contributed by atoms with E-state index in [2.05, 4.69) is 10.3 Å². The lowest BCUT2D eigenvalue weighted by molar-refractivity contribution is 0.134. The summed E-state index contributed by atoms with van der Waals surface area (Å²) in [5.41, 5.74) is 0.808. The smallest absolute Gasteiger partial charge is 0.407 e. The fraction of sp³-hybridized carbons (Fsp3) is 0.455. The highest BCUT2D eigenvalue weighted by Crippen LogP contribution is 2.21. The molecule has 0 atom stereocenters. The summed E-state index contributed by atoms with van der Waals surface area (Å²) in [6.45, 7) is 1.12. The van der Waals surface area contributed by atoms with Gasteiger partial charge in [-0.3, -0.25) is 0 Å². The Balaban J connectivity index is 0.00000162. The Kier molecular flexibility index (Phi) is 5.18. The number of nitrogens with zero attached hydrogens (tertiary/aromatic N) is 2. The predicted octanol–water partition coefficient (Wildman–Crippen LogP) is 2.45. The van der Waals surface area contributed by atoms with Gasteiger partial charge in [0.1, 0.15) is 0 Å². The maximum absolute atomic E-state index is 10.7. The minimum Gasteiger partial charge on any atom is -0.465 e. The maximum atomic E-state index is 10.7. The standard InChI is InChI=1S/C11H14ClN3O2.H3N/c12-10-9(2-1-5-13-10)14-8-3-6-15(7-4-8)11(16)17;/h1-2,5,8,14H,3-4,6-7H2,(H,16,17);1H3. The summed E-state index contributed by atoms with van der Waals surface area (Å²) in [5, 5.41) is 12.6. The number of halogens is 1. The van der Waals surface area contributed by atoms with Gasteiger partial charge in [0, 0.05) is 25.3 Å². The van der Waals surface area contributed by atoms with Crippen molar-refractivity contribution in [2.24, 2.45) is 0 Å². The first-order chi connectivity index (χ1) is 8.16. The molecule has 0 aliphatic carbocycles. The molecule has 1 amide bonds. The SMILES string of the molecule is N.O=C(O)N1CCC(Nc2cccnc2Cl)CC1. The number of hydrogen-bond acceptors (Lipinski definition) is 4. The van der Waals surface area contributed by atoms with Crippen LogP contribution in [0.3, 0.4) is 0 Å². The van der Waals surface area contributed by atoms with E-state index in [1.807, 2.05) is 12.1 Å². The average Bonchev–Trinajstić information content (AvgIpc) is 2.33. The lowest BCUT2D eigenvalue weighted by atomic mass is 10.1. The number of carboxylic acid groups (broad SMARTS) is 1. The number of carbonyl (C=O) groups is 1. The number of rotatable bonds is 2. The van der Waals surface area contributed by atoms with E-state index in [-0.39, 0.29) is 12.2 Å². The van der Waals surface area contributed by atoms with Gasteiger partial charge in [-0.05, 0) is 25.0 Å².